The Labute approximate surface area is 161 Å². The van der Waals surface area contributed by atoms with E-state index in [9.17, 15) is 5.11 Å². The number of nitrogens with zero attached hydrogens (tertiary/aromatic N) is 4. The van der Waals surface area contributed by atoms with Gasteiger partial charge in [-0.25, -0.2) is 0 Å². The van der Waals surface area contributed by atoms with E-state index in [4.69, 9.17) is 4.74 Å². The fourth-order valence-corrected chi connectivity index (χ4v) is 4.59. The van der Waals surface area contributed by atoms with Gasteiger partial charge in [0.2, 0.25) is 0 Å². The predicted molar refractivity (Wildman–Crippen MR) is 106 cm³/mol. The first kappa shape index (κ1) is 18.5. The van der Waals surface area contributed by atoms with Gasteiger partial charge in [-0.15, -0.1) is 0 Å². The van der Waals surface area contributed by atoms with Gasteiger partial charge in [0.25, 0.3) is 0 Å². The molecule has 0 spiro atoms. The maximum atomic E-state index is 11.3. The highest BCUT2D eigenvalue weighted by atomic mass is 16.5. The molecule has 0 saturated carbocycles. The predicted octanol–water partition coefficient (Wildman–Crippen LogP) is 1.97. The third-order valence-corrected chi connectivity index (χ3v) is 5.98. The molecule has 1 aromatic heterocycles. The minimum atomic E-state index is -0.763. The molecule has 0 aliphatic carbocycles. The molecule has 4 rings (SSSR count). The molecule has 2 fully saturated rings. The van der Waals surface area contributed by atoms with Crippen molar-refractivity contribution in [1.29, 1.82) is 0 Å². The molecule has 27 heavy (non-hydrogen) atoms. The summed E-state index contributed by atoms with van der Waals surface area (Å²) < 4.78 is 7.51. The summed E-state index contributed by atoms with van der Waals surface area (Å²) in [7, 11) is 2.02. The normalized spacial score (nSPS) is 23.9. The van der Waals surface area contributed by atoms with Crippen molar-refractivity contribution in [3.8, 4) is 0 Å². The number of benzene rings is 1. The maximum absolute atomic E-state index is 11.3. The number of anilines is 1. The number of β-amino-alcohol motifs (C(OH)–C–C–N with tert-alkyl or cyclic N) is 1. The minimum absolute atomic E-state index is 0.661. The molecule has 146 valence electrons. The van der Waals surface area contributed by atoms with E-state index in [0.717, 1.165) is 62.6 Å². The van der Waals surface area contributed by atoms with Crippen molar-refractivity contribution in [3.05, 3.63) is 46.6 Å². The van der Waals surface area contributed by atoms with Crippen LogP contribution in [0.3, 0.4) is 0 Å². The van der Waals surface area contributed by atoms with Gasteiger partial charge in [0.05, 0.1) is 18.9 Å². The van der Waals surface area contributed by atoms with E-state index >= 15 is 0 Å². The van der Waals surface area contributed by atoms with E-state index in [1.165, 1.54) is 11.4 Å². The first-order chi connectivity index (χ1) is 13.0. The standard InChI is InChI=1S/C21H30N4O2/c1-16-6-4-5-7-19(16)21(26)8-9-24(15-21)14-18-17(2)22-23(3)20(18)25-10-12-27-13-11-25/h4-7,26H,8-15H2,1-3H3/t21-/m1/s1. The summed E-state index contributed by atoms with van der Waals surface area (Å²) in [5, 5.41) is 16.0. The number of ether oxygens (including phenoxy) is 1. The molecule has 0 unspecified atom stereocenters. The Kier molecular flexibility index (Phi) is 4.97. The van der Waals surface area contributed by atoms with Crippen molar-refractivity contribution >= 4 is 5.82 Å². The van der Waals surface area contributed by atoms with Crippen LogP contribution in [0.15, 0.2) is 24.3 Å². The Morgan fingerprint density at radius 2 is 1.89 bits per heavy atom. The highest BCUT2D eigenvalue weighted by Gasteiger charge is 2.39. The van der Waals surface area contributed by atoms with Gasteiger partial charge < -0.3 is 14.7 Å². The number of hydrogen-bond acceptors (Lipinski definition) is 5. The number of hydrogen-bond donors (Lipinski definition) is 1. The average molecular weight is 370 g/mol. The molecule has 2 saturated heterocycles. The number of aliphatic hydroxyl groups is 1. The molecule has 2 aliphatic rings. The zero-order valence-electron chi connectivity index (χ0n) is 16.6. The highest BCUT2D eigenvalue weighted by Crippen LogP contribution is 2.35. The lowest BCUT2D eigenvalue weighted by Crippen LogP contribution is -2.38. The van der Waals surface area contributed by atoms with Crippen LogP contribution >= 0.6 is 0 Å². The number of rotatable bonds is 4. The summed E-state index contributed by atoms with van der Waals surface area (Å²) in [5.41, 5.74) is 3.80. The number of aromatic nitrogens is 2. The van der Waals surface area contributed by atoms with E-state index in [1.807, 2.05) is 23.9 Å². The van der Waals surface area contributed by atoms with Crippen LogP contribution in [0.25, 0.3) is 0 Å². The molecule has 0 amide bonds. The van der Waals surface area contributed by atoms with Gasteiger partial charge >= 0.3 is 0 Å². The maximum Gasteiger partial charge on any atom is 0.131 e. The second kappa shape index (κ2) is 7.26. The molecule has 3 heterocycles. The van der Waals surface area contributed by atoms with Gasteiger partial charge in [0.15, 0.2) is 0 Å². The zero-order chi connectivity index (χ0) is 19.0. The number of aryl methyl sites for hydroxylation is 3. The van der Waals surface area contributed by atoms with E-state index in [0.29, 0.717) is 6.54 Å². The lowest BCUT2D eigenvalue weighted by atomic mass is 9.89. The van der Waals surface area contributed by atoms with Gasteiger partial charge in [-0.2, -0.15) is 5.10 Å². The Balaban J connectivity index is 1.55. The average Bonchev–Trinajstić information content (AvgIpc) is 3.16. The van der Waals surface area contributed by atoms with Gasteiger partial charge in [-0.1, -0.05) is 24.3 Å². The fraction of sp³-hybridized carbons (Fsp3) is 0.571. The Bertz CT molecular complexity index is 813. The Morgan fingerprint density at radius 1 is 1.15 bits per heavy atom. The summed E-state index contributed by atoms with van der Waals surface area (Å²) in [5.74, 6) is 1.20. The molecular weight excluding hydrogens is 340 g/mol. The molecule has 1 atom stereocenters. The molecule has 2 aliphatic heterocycles. The van der Waals surface area contributed by atoms with Crippen molar-refractivity contribution < 1.29 is 9.84 Å². The van der Waals surface area contributed by atoms with Crippen molar-refractivity contribution in [2.75, 3.05) is 44.3 Å². The summed E-state index contributed by atoms with van der Waals surface area (Å²) in [4.78, 5) is 4.74. The van der Waals surface area contributed by atoms with Crippen LogP contribution in [-0.4, -0.2) is 59.2 Å². The smallest absolute Gasteiger partial charge is 0.131 e. The third kappa shape index (κ3) is 3.49. The first-order valence-electron chi connectivity index (χ1n) is 9.84. The molecule has 1 N–H and O–H groups in total. The van der Waals surface area contributed by atoms with Crippen LogP contribution in [0, 0.1) is 13.8 Å². The Morgan fingerprint density at radius 3 is 2.63 bits per heavy atom. The lowest BCUT2D eigenvalue weighted by molar-refractivity contribution is 0.0446. The van der Waals surface area contributed by atoms with Crippen LogP contribution in [0.1, 0.15) is 28.8 Å². The van der Waals surface area contributed by atoms with E-state index < -0.39 is 5.60 Å². The van der Waals surface area contributed by atoms with Crippen molar-refractivity contribution in [3.63, 3.8) is 0 Å². The van der Waals surface area contributed by atoms with Gasteiger partial charge in [-0.05, 0) is 31.4 Å². The molecule has 0 bridgehead atoms. The number of morpholine rings is 1. The number of likely N-dealkylation sites (tertiary alicyclic amines) is 1. The molecule has 1 aromatic carbocycles. The van der Waals surface area contributed by atoms with Crippen molar-refractivity contribution in [2.24, 2.45) is 7.05 Å². The van der Waals surface area contributed by atoms with E-state index in [1.54, 1.807) is 0 Å². The molecule has 6 nitrogen and oxygen atoms in total. The first-order valence-corrected chi connectivity index (χ1v) is 9.84. The lowest BCUT2D eigenvalue weighted by Gasteiger charge is -2.30. The highest BCUT2D eigenvalue weighted by molar-refractivity contribution is 5.50. The minimum Gasteiger partial charge on any atom is -0.384 e. The summed E-state index contributed by atoms with van der Waals surface area (Å²) >= 11 is 0. The molecular formula is C21H30N4O2. The SMILES string of the molecule is Cc1ccccc1[C@@]1(O)CCN(Cc2c(C)nn(C)c2N2CCOCC2)C1. The topological polar surface area (TPSA) is 53.8 Å². The molecule has 6 heteroatoms. The monoisotopic (exact) mass is 370 g/mol. The van der Waals surface area contributed by atoms with Crippen LogP contribution in [0.2, 0.25) is 0 Å². The van der Waals surface area contributed by atoms with Gasteiger partial charge in [0, 0.05) is 45.3 Å². The fourth-order valence-electron chi connectivity index (χ4n) is 4.59. The summed E-state index contributed by atoms with van der Waals surface area (Å²) in [6, 6.07) is 8.19. The second-order valence-corrected chi connectivity index (χ2v) is 7.92. The Hall–Kier alpha value is -1.89. The van der Waals surface area contributed by atoms with Gasteiger partial charge in [0.1, 0.15) is 11.4 Å². The van der Waals surface area contributed by atoms with Crippen molar-refractivity contribution in [1.82, 2.24) is 14.7 Å². The summed E-state index contributed by atoms with van der Waals surface area (Å²) in [6.07, 6.45) is 0.768. The van der Waals surface area contributed by atoms with Gasteiger partial charge in [-0.3, -0.25) is 9.58 Å². The van der Waals surface area contributed by atoms with E-state index in [2.05, 4.69) is 40.9 Å². The largest absolute Gasteiger partial charge is 0.384 e. The van der Waals surface area contributed by atoms with Crippen LogP contribution in [0.5, 0.6) is 0 Å². The molecule has 0 radical (unpaired) electrons. The second-order valence-electron chi connectivity index (χ2n) is 7.92. The molecule has 2 aromatic rings. The van der Waals surface area contributed by atoms with Crippen molar-refractivity contribution in [2.45, 2.75) is 32.4 Å². The zero-order valence-corrected chi connectivity index (χ0v) is 16.6. The van der Waals surface area contributed by atoms with E-state index in [-0.39, 0.29) is 0 Å². The third-order valence-electron chi connectivity index (χ3n) is 5.98. The summed E-state index contributed by atoms with van der Waals surface area (Å²) in [6.45, 7) is 9.87. The van der Waals surface area contributed by atoms with Crippen LogP contribution < -0.4 is 4.90 Å². The quantitative estimate of drug-likeness (QED) is 0.892. The van der Waals surface area contributed by atoms with Crippen LogP contribution in [0.4, 0.5) is 5.82 Å². The van der Waals surface area contributed by atoms with Crippen LogP contribution in [-0.2, 0) is 23.9 Å².